The molecule has 1 heterocycles. The molecule has 0 saturated carbocycles. The Morgan fingerprint density at radius 3 is 2.82 bits per heavy atom. The van der Waals surface area contributed by atoms with Gasteiger partial charge in [0.2, 0.25) is 0 Å². The number of thiophene rings is 1. The molecule has 0 amide bonds. The molecule has 90 valence electrons. The Hall–Kier alpha value is -1.07. The van der Waals surface area contributed by atoms with E-state index >= 15 is 0 Å². The molecular weight excluding hydrogens is 305 g/mol. The highest BCUT2D eigenvalue weighted by molar-refractivity contribution is 9.11. The molecule has 5 heteroatoms. The maximum absolute atomic E-state index is 13.5. The second-order valence-corrected chi connectivity index (χ2v) is 5.95. The van der Waals surface area contributed by atoms with Gasteiger partial charge in [-0.05, 0) is 40.2 Å². The molecule has 0 fully saturated rings. The second kappa shape index (κ2) is 5.51. The minimum Gasteiger partial charge on any atom is -0.497 e. The van der Waals surface area contributed by atoms with E-state index in [0.29, 0.717) is 18.0 Å². The van der Waals surface area contributed by atoms with Crippen molar-refractivity contribution in [3.63, 3.8) is 0 Å². The summed E-state index contributed by atoms with van der Waals surface area (Å²) >= 11 is 5.02. The number of hydrogen-bond donors (Lipinski definition) is 1. The smallest absolute Gasteiger partial charge is 0.146 e. The molecule has 2 aromatic rings. The lowest BCUT2D eigenvalue weighted by Crippen LogP contribution is -2.00. The summed E-state index contributed by atoms with van der Waals surface area (Å²) in [5.41, 5.74) is 0.453. The van der Waals surface area contributed by atoms with Crippen molar-refractivity contribution in [2.45, 2.75) is 6.54 Å². The van der Waals surface area contributed by atoms with Crippen molar-refractivity contribution in [3.8, 4) is 5.75 Å². The number of anilines is 1. The first-order valence-corrected chi connectivity index (χ1v) is 6.61. The fourth-order valence-corrected chi connectivity index (χ4v) is 2.82. The van der Waals surface area contributed by atoms with Crippen LogP contribution in [0.5, 0.6) is 5.75 Å². The topological polar surface area (TPSA) is 21.3 Å². The number of hydrogen-bond acceptors (Lipinski definition) is 3. The summed E-state index contributed by atoms with van der Waals surface area (Å²) in [7, 11) is 1.56. The van der Waals surface area contributed by atoms with Crippen LogP contribution in [0, 0.1) is 5.82 Å². The molecule has 1 aromatic carbocycles. The standard InChI is InChI=1S/C12H11BrFNOS/c1-16-8-2-4-10(14)11(6-8)15-7-9-3-5-12(13)17-9/h2-6,15H,7H2,1H3. The molecule has 0 aliphatic rings. The van der Waals surface area contributed by atoms with Crippen LogP contribution < -0.4 is 10.1 Å². The van der Waals surface area contributed by atoms with Gasteiger partial charge in [-0.3, -0.25) is 0 Å². The highest BCUT2D eigenvalue weighted by Crippen LogP contribution is 2.25. The van der Waals surface area contributed by atoms with E-state index in [4.69, 9.17) is 4.74 Å². The normalized spacial score (nSPS) is 10.3. The van der Waals surface area contributed by atoms with Gasteiger partial charge in [-0.15, -0.1) is 11.3 Å². The van der Waals surface area contributed by atoms with Crippen molar-refractivity contribution in [1.29, 1.82) is 0 Å². The van der Waals surface area contributed by atoms with Gasteiger partial charge in [0.1, 0.15) is 11.6 Å². The lowest BCUT2D eigenvalue weighted by Gasteiger charge is -2.08. The van der Waals surface area contributed by atoms with Gasteiger partial charge in [0.25, 0.3) is 0 Å². The quantitative estimate of drug-likeness (QED) is 0.909. The van der Waals surface area contributed by atoms with Crippen LogP contribution in [-0.2, 0) is 6.54 Å². The molecule has 2 rings (SSSR count). The molecule has 0 aliphatic heterocycles. The Morgan fingerprint density at radius 1 is 1.35 bits per heavy atom. The third-order valence-corrected chi connectivity index (χ3v) is 3.88. The van der Waals surface area contributed by atoms with Crippen LogP contribution in [0.4, 0.5) is 10.1 Å². The van der Waals surface area contributed by atoms with Gasteiger partial charge in [0.15, 0.2) is 0 Å². The minimum atomic E-state index is -0.276. The van der Waals surface area contributed by atoms with Crippen LogP contribution in [0.2, 0.25) is 0 Å². The fraction of sp³-hybridized carbons (Fsp3) is 0.167. The summed E-state index contributed by atoms with van der Waals surface area (Å²) < 4.78 is 19.6. The van der Waals surface area contributed by atoms with Gasteiger partial charge in [-0.1, -0.05) is 0 Å². The Morgan fingerprint density at radius 2 is 2.18 bits per heavy atom. The average Bonchev–Trinajstić information content (AvgIpc) is 2.74. The van der Waals surface area contributed by atoms with Crippen LogP contribution in [0.1, 0.15) is 4.88 Å². The summed E-state index contributed by atoms with van der Waals surface area (Å²) in [4.78, 5) is 1.14. The Balaban J connectivity index is 2.07. The predicted octanol–water partition coefficient (Wildman–Crippen LogP) is 4.27. The summed E-state index contributed by atoms with van der Waals surface area (Å²) in [5.74, 6) is 0.364. The summed E-state index contributed by atoms with van der Waals surface area (Å²) in [6, 6.07) is 8.62. The van der Waals surface area contributed by atoms with Gasteiger partial charge in [-0.25, -0.2) is 4.39 Å². The highest BCUT2D eigenvalue weighted by atomic mass is 79.9. The first-order chi connectivity index (χ1) is 8.19. The van der Waals surface area contributed by atoms with Crippen LogP contribution in [0.15, 0.2) is 34.1 Å². The molecule has 1 N–H and O–H groups in total. The third-order valence-electron chi connectivity index (χ3n) is 2.26. The highest BCUT2D eigenvalue weighted by Gasteiger charge is 2.04. The molecule has 0 aliphatic carbocycles. The van der Waals surface area contributed by atoms with Crippen molar-refractivity contribution >= 4 is 33.0 Å². The molecule has 0 atom stereocenters. The van der Waals surface area contributed by atoms with Crippen molar-refractivity contribution in [3.05, 3.63) is 44.8 Å². The zero-order valence-corrected chi connectivity index (χ0v) is 11.6. The minimum absolute atomic E-state index is 0.276. The van der Waals surface area contributed by atoms with Crippen LogP contribution in [-0.4, -0.2) is 7.11 Å². The lowest BCUT2D eigenvalue weighted by molar-refractivity contribution is 0.414. The Kier molecular flexibility index (Phi) is 4.02. The van der Waals surface area contributed by atoms with Gasteiger partial charge < -0.3 is 10.1 Å². The molecule has 1 aromatic heterocycles. The Bertz CT molecular complexity index is 515. The summed E-state index contributed by atoms with van der Waals surface area (Å²) in [6.07, 6.45) is 0. The van der Waals surface area contributed by atoms with Crippen molar-refractivity contribution < 1.29 is 9.13 Å². The van der Waals surface area contributed by atoms with Crippen LogP contribution in [0.25, 0.3) is 0 Å². The van der Waals surface area contributed by atoms with E-state index in [0.717, 1.165) is 8.66 Å². The largest absolute Gasteiger partial charge is 0.497 e. The molecule has 0 saturated heterocycles. The van der Waals surface area contributed by atoms with Gasteiger partial charge in [-0.2, -0.15) is 0 Å². The van der Waals surface area contributed by atoms with Gasteiger partial charge >= 0.3 is 0 Å². The third kappa shape index (κ3) is 3.20. The van der Waals surface area contributed by atoms with Crippen molar-refractivity contribution in [2.24, 2.45) is 0 Å². The molecule has 0 unspecified atom stereocenters. The van der Waals surface area contributed by atoms with E-state index in [1.165, 1.54) is 6.07 Å². The number of benzene rings is 1. The maximum Gasteiger partial charge on any atom is 0.146 e. The van der Waals surface area contributed by atoms with E-state index in [-0.39, 0.29) is 5.82 Å². The summed E-state index contributed by atoms with van der Waals surface area (Å²) in [6.45, 7) is 0.598. The van der Waals surface area contributed by atoms with E-state index < -0.39 is 0 Å². The lowest BCUT2D eigenvalue weighted by atomic mass is 10.3. The van der Waals surface area contributed by atoms with E-state index in [9.17, 15) is 4.39 Å². The fourth-order valence-electron chi connectivity index (χ4n) is 1.40. The zero-order chi connectivity index (χ0) is 12.3. The number of ether oxygens (including phenoxy) is 1. The van der Waals surface area contributed by atoms with Gasteiger partial charge in [0.05, 0.1) is 16.6 Å². The number of nitrogens with one attached hydrogen (secondary N) is 1. The maximum atomic E-state index is 13.5. The molecule has 2 nitrogen and oxygen atoms in total. The molecule has 0 bridgehead atoms. The molecular formula is C12H11BrFNOS. The van der Waals surface area contributed by atoms with Crippen LogP contribution >= 0.6 is 27.3 Å². The van der Waals surface area contributed by atoms with E-state index in [2.05, 4.69) is 21.2 Å². The SMILES string of the molecule is COc1ccc(F)c(NCc2ccc(Br)s2)c1. The molecule has 0 radical (unpaired) electrons. The zero-order valence-electron chi connectivity index (χ0n) is 9.17. The van der Waals surface area contributed by atoms with Crippen LogP contribution in [0.3, 0.4) is 0 Å². The first kappa shape index (κ1) is 12.4. The predicted molar refractivity (Wildman–Crippen MR) is 72.3 cm³/mol. The monoisotopic (exact) mass is 315 g/mol. The number of methoxy groups -OCH3 is 1. The first-order valence-electron chi connectivity index (χ1n) is 5.00. The second-order valence-electron chi connectivity index (χ2n) is 3.41. The summed E-state index contributed by atoms with van der Waals surface area (Å²) in [5, 5.41) is 3.05. The number of halogens is 2. The van der Waals surface area contributed by atoms with Crippen molar-refractivity contribution in [2.75, 3.05) is 12.4 Å². The average molecular weight is 316 g/mol. The Labute approximate surface area is 112 Å². The van der Waals surface area contributed by atoms with E-state index in [1.54, 1.807) is 30.6 Å². The molecule has 0 spiro atoms. The van der Waals surface area contributed by atoms with Gasteiger partial charge in [0, 0.05) is 17.5 Å². The number of rotatable bonds is 4. The van der Waals surface area contributed by atoms with Crippen molar-refractivity contribution in [1.82, 2.24) is 0 Å². The van der Waals surface area contributed by atoms with E-state index in [1.807, 2.05) is 12.1 Å². The molecule has 17 heavy (non-hydrogen) atoms.